The van der Waals surface area contributed by atoms with Crippen LogP contribution in [0, 0.1) is 27.7 Å². The summed E-state index contributed by atoms with van der Waals surface area (Å²) in [6.07, 6.45) is 1.63. The van der Waals surface area contributed by atoms with Gasteiger partial charge in [0, 0.05) is 18.9 Å². The largest absolute Gasteiger partial charge is 0.398 e. The number of benzene rings is 1. The number of nitrogen functional groups attached to an aromatic ring is 1. The number of aromatic nitrogens is 2. The van der Waals surface area contributed by atoms with Crippen LogP contribution in [0.5, 0.6) is 0 Å². The SMILES string of the molecule is Cc1cc(C)c(S(=O)(=O)Nc2cn(C)nc2C)c(C)c1N. The Labute approximate surface area is 125 Å². The van der Waals surface area contributed by atoms with Gasteiger partial charge in [-0.15, -0.1) is 0 Å². The topological polar surface area (TPSA) is 90.0 Å². The first-order chi connectivity index (χ1) is 9.63. The van der Waals surface area contributed by atoms with Crippen LogP contribution < -0.4 is 10.5 Å². The van der Waals surface area contributed by atoms with Gasteiger partial charge in [0.15, 0.2) is 0 Å². The molecule has 0 atom stereocenters. The van der Waals surface area contributed by atoms with E-state index in [4.69, 9.17) is 5.73 Å². The minimum Gasteiger partial charge on any atom is -0.398 e. The molecule has 0 aliphatic carbocycles. The fourth-order valence-electron chi connectivity index (χ4n) is 2.49. The first-order valence-electron chi connectivity index (χ1n) is 6.53. The fraction of sp³-hybridized carbons (Fsp3) is 0.357. The van der Waals surface area contributed by atoms with Gasteiger partial charge in [0.05, 0.1) is 16.3 Å². The molecule has 0 fully saturated rings. The maximum Gasteiger partial charge on any atom is 0.262 e. The zero-order valence-electron chi connectivity index (χ0n) is 12.9. The first kappa shape index (κ1) is 15.4. The second kappa shape index (κ2) is 5.07. The number of nitrogens with two attached hydrogens (primary N) is 1. The number of sulfonamides is 1. The zero-order valence-corrected chi connectivity index (χ0v) is 13.7. The van der Waals surface area contributed by atoms with E-state index in [1.54, 1.807) is 44.8 Å². The van der Waals surface area contributed by atoms with E-state index in [0.717, 1.165) is 5.56 Å². The predicted molar refractivity (Wildman–Crippen MR) is 83.8 cm³/mol. The number of anilines is 2. The summed E-state index contributed by atoms with van der Waals surface area (Å²) in [5, 5.41) is 4.13. The van der Waals surface area contributed by atoms with Gasteiger partial charge >= 0.3 is 0 Å². The quantitative estimate of drug-likeness (QED) is 0.849. The molecule has 21 heavy (non-hydrogen) atoms. The third kappa shape index (κ3) is 2.73. The highest BCUT2D eigenvalue weighted by atomic mass is 32.2. The van der Waals surface area contributed by atoms with Crippen molar-refractivity contribution in [2.24, 2.45) is 7.05 Å². The van der Waals surface area contributed by atoms with Gasteiger partial charge in [-0.2, -0.15) is 5.10 Å². The van der Waals surface area contributed by atoms with E-state index in [0.29, 0.717) is 28.2 Å². The summed E-state index contributed by atoms with van der Waals surface area (Å²) in [6, 6.07) is 1.78. The van der Waals surface area contributed by atoms with Crippen LogP contribution >= 0.6 is 0 Å². The number of hydrogen-bond donors (Lipinski definition) is 2. The minimum atomic E-state index is -3.71. The van der Waals surface area contributed by atoms with E-state index in [2.05, 4.69) is 9.82 Å². The van der Waals surface area contributed by atoms with Crippen LogP contribution in [0.15, 0.2) is 17.2 Å². The summed E-state index contributed by atoms with van der Waals surface area (Å²) in [5.74, 6) is 0. The van der Waals surface area contributed by atoms with Crippen LogP contribution in [0.25, 0.3) is 0 Å². The number of hydrogen-bond acceptors (Lipinski definition) is 4. The maximum atomic E-state index is 12.7. The highest BCUT2D eigenvalue weighted by Gasteiger charge is 2.23. The standard InChI is InChI=1S/C14H20N4O2S/c1-8-6-9(2)14(10(3)13(8)15)21(19,20)17-12-7-18(5)16-11(12)4/h6-7,17H,15H2,1-5H3. The van der Waals surface area contributed by atoms with E-state index < -0.39 is 10.0 Å². The molecule has 1 aromatic carbocycles. The van der Waals surface area contributed by atoms with Crippen LogP contribution in [0.1, 0.15) is 22.4 Å². The Morgan fingerprint density at radius 3 is 2.33 bits per heavy atom. The average Bonchev–Trinajstić information content (AvgIpc) is 2.63. The number of nitrogens with one attached hydrogen (secondary N) is 1. The lowest BCUT2D eigenvalue weighted by Gasteiger charge is -2.15. The van der Waals surface area contributed by atoms with Crippen molar-refractivity contribution in [2.45, 2.75) is 32.6 Å². The van der Waals surface area contributed by atoms with Crippen molar-refractivity contribution in [3.8, 4) is 0 Å². The van der Waals surface area contributed by atoms with Crippen molar-refractivity contribution >= 4 is 21.4 Å². The fourth-order valence-corrected chi connectivity index (χ4v) is 4.08. The van der Waals surface area contributed by atoms with Crippen LogP contribution in [0.4, 0.5) is 11.4 Å². The van der Waals surface area contributed by atoms with Gasteiger partial charge in [-0.25, -0.2) is 8.42 Å². The summed E-state index contributed by atoms with van der Waals surface area (Å²) in [4.78, 5) is 0.230. The highest BCUT2D eigenvalue weighted by Crippen LogP contribution is 2.29. The second-order valence-corrected chi connectivity index (χ2v) is 6.90. The summed E-state index contributed by atoms with van der Waals surface area (Å²) in [6.45, 7) is 7.11. The van der Waals surface area contributed by atoms with Crippen LogP contribution in [-0.4, -0.2) is 18.2 Å². The number of aryl methyl sites for hydroxylation is 4. The Hall–Kier alpha value is -2.02. The van der Waals surface area contributed by atoms with Crippen molar-refractivity contribution in [2.75, 3.05) is 10.5 Å². The molecule has 0 aliphatic heterocycles. The van der Waals surface area contributed by atoms with Crippen molar-refractivity contribution in [3.63, 3.8) is 0 Å². The third-order valence-electron chi connectivity index (χ3n) is 3.49. The monoisotopic (exact) mass is 308 g/mol. The van der Waals surface area contributed by atoms with Crippen molar-refractivity contribution in [3.05, 3.63) is 34.6 Å². The van der Waals surface area contributed by atoms with E-state index in [1.807, 2.05) is 6.92 Å². The lowest BCUT2D eigenvalue weighted by molar-refractivity contribution is 0.600. The summed E-state index contributed by atoms with van der Waals surface area (Å²) in [7, 11) is -1.97. The molecule has 1 aromatic heterocycles. The molecule has 0 unspecified atom stereocenters. The first-order valence-corrected chi connectivity index (χ1v) is 8.01. The molecule has 0 radical (unpaired) electrons. The molecular formula is C14H20N4O2S. The van der Waals surface area contributed by atoms with Gasteiger partial charge in [0.25, 0.3) is 10.0 Å². The zero-order chi connectivity index (χ0) is 15.9. The minimum absolute atomic E-state index is 0.230. The van der Waals surface area contributed by atoms with Gasteiger partial charge in [-0.1, -0.05) is 6.07 Å². The Morgan fingerprint density at radius 1 is 1.19 bits per heavy atom. The van der Waals surface area contributed by atoms with E-state index in [-0.39, 0.29) is 4.90 Å². The molecule has 0 saturated heterocycles. The second-order valence-electron chi connectivity index (χ2n) is 5.29. The van der Waals surface area contributed by atoms with Crippen molar-refractivity contribution in [1.29, 1.82) is 0 Å². The summed E-state index contributed by atoms with van der Waals surface area (Å²) in [5.41, 5.74) is 9.68. The smallest absolute Gasteiger partial charge is 0.262 e. The predicted octanol–water partition coefficient (Wildman–Crippen LogP) is 2.04. The molecule has 7 heteroatoms. The number of rotatable bonds is 3. The molecular weight excluding hydrogens is 288 g/mol. The van der Waals surface area contributed by atoms with E-state index in [1.165, 1.54) is 0 Å². The van der Waals surface area contributed by atoms with Gasteiger partial charge < -0.3 is 5.73 Å². The molecule has 0 bridgehead atoms. The van der Waals surface area contributed by atoms with Crippen LogP contribution in [-0.2, 0) is 17.1 Å². The molecule has 0 amide bonds. The lowest BCUT2D eigenvalue weighted by atomic mass is 10.1. The van der Waals surface area contributed by atoms with E-state index >= 15 is 0 Å². The van der Waals surface area contributed by atoms with Crippen molar-refractivity contribution in [1.82, 2.24) is 9.78 Å². The molecule has 114 valence electrons. The lowest BCUT2D eigenvalue weighted by Crippen LogP contribution is -2.17. The maximum absolute atomic E-state index is 12.7. The molecule has 6 nitrogen and oxygen atoms in total. The van der Waals surface area contributed by atoms with Gasteiger partial charge in [0.2, 0.25) is 0 Å². The van der Waals surface area contributed by atoms with Gasteiger partial charge in [-0.05, 0) is 44.4 Å². The molecule has 3 N–H and O–H groups in total. The highest BCUT2D eigenvalue weighted by molar-refractivity contribution is 7.92. The summed E-state index contributed by atoms with van der Waals surface area (Å²) >= 11 is 0. The van der Waals surface area contributed by atoms with E-state index in [9.17, 15) is 8.42 Å². The normalized spacial score (nSPS) is 11.7. The summed E-state index contributed by atoms with van der Waals surface area (Å²) < 4.78 is 29.5. The number of nitrogens with zero attached hydrogens (tertiary/aromatic N) is 2. The van der Waals surface area contributed by atoms with Gasteiger partial charge in [-0.3, -0.25) is 9.40 Å². The molecule has 2 aromatic rings. The van der Waals surface area contributed by atoms with Crippen LogP contribution in [0.3, 0.4) is 0 Å². The van der Waals surface area contributed by atoms with Gasteiger partial charge in [0.1, 0.15) is 0 Å². The Kier molecular flexibility index (Phi) is 3.71. The molecule has 0 aliphatic rings. The average molecular weight is 308 g/mol. The Bertz CT molecular complexity index is 807. The van der Waals surface area contributed by atoms with Crippen molar-refractivity contribution < 1.29 is 8.42 Å². The Balaban J connectivity index is 2.55. The molecule has 0 saturated carbocycles. The molecule has 0 spiro atoms. The van der Waals surface area contributed by atoms with Crippen LogP contribution in [0.2, 0.25) is 0 Å². The molecule has 2 rings (SSSR count). The third-order valence-corrected chi connectivity index (χ3v) is 5.14. The molecule has 1 heterocycles. The Morgan fingerprint density at radius 2 is 1.81 bits per heavy atom.